The predicted molar refractivity (Wildman–Crippen MR) is 69.0 cm³/mol. The van der Waals surface area contributed by atoms with Crippen molar-refractivity contribution in [3.05, 3.63) is 23.0 Å². The van der Waals surface area contributed by atoms with E-state index < -0.39 is 0 Å². The van der Waals surface area contributed by atoms with Crippen LogP contribution in [-0.4, -0.2) is 23.1 Å². The van der Waals surface area contributed by atoms with Gasteiger partial charge in [0.25, 0.3) is 0 Å². The monoisotopic (exact) mass is 235 g/mol. The number of aromatic nitrogens is 2. The molecular formula is C12H17N3S. The summed E-state index contributed by atoms with van der Waals surface area (Å²) in [6.45, 7) is 4.31. The van der Waals surface area contributed by atoms with Gasteiger partial charge in [-0.15, -0.1) is 11.3 Å². The summed E-state index contributed by atoms with van der Waals surface area (Å²) in [6, 6.07) is 2.69. The van der Waals surface area contributed by atoms with Crippen molar-refractivity contribution in [2.75, 3.05) is 7.05 Å². The molecule has 2 rings (SSSR count). The Morgan fingerprint density at radius 3 is 2.94 bits per heavy atom. The third-order valence-electron chi connectivity index (χ3n) is 2.88. The van der Waals surface area contributed by atoms with Crippen LogP contribution in [0, 0.1) is 6.92 Å². The Morgan fingerprint density at radius 2 is 2.25 bits per heavy atom. The van der Waals surface area contributed by atoms with Crippen LogP contribution in [0.25, 0.3) is 10.2 Å². The maximum Gasteiger partial charge on any atom is 0.127 e. The molecular weight excluding hydrogens is 218 g/mol. The van der Waals surface area contributed by atoms with Crippen molar-refractivity contribution in [3.8, 4) is 0 Å². The van der Waals surface area contributed by atoms with E-state index in [-0.39, 0.29) is 0 Å². The second-order valence-electron chi connectivity index (χ2n) is 3.99. The Balaban J connectivity index is 2.36. The first-order valence-electron chi connectivity index (χ1n) is 5.62. The number of thiophene rings is 1. The van der Waals surface area contributed by atoms with E-state index in [1.807, 2.05) is 7.05 Å². The van der Waals surface area contributed by atoms with E-state index >= 15 is 0 Å². The van der Waals surface area contributed by atoms with Gasteiger partial charge in [-0.1, -0.05) is 6.92 Å². The molecule has 1 N–H and O–H groups in total. The van der Waals surface area contributed by atoms with Gasteiger partial charge in [-0.3, -0.25) is 0 Å². The third kappa shape index (κ3) is 2.23. The highest BCUT2D eigenvalue weighted by Crippen LogP contribution is 2.25. The van der Waals surface area contributed by atoms with Crippen LogP contribution in [0.15, 0.2) is 12.4 Å². The first kappa shape index (κ1) is 11.5. The smallest absolute Gasteiger partial charge is 0.127 e. The number of hydrogen-bond acceptors (Lipinski definition) is 4. The Kier molecular flexibility index (Phi) is 3.51. The second kappa shape index (κ2) is 4.89. The fraction of sp³-hybridized carbons (Fsp3) is 0.500. The average molecular weight is 235 g/mol. The van der Waals surface area contributed by atoms with Gasteiger partial charge in [-0.25, -0.2) is 9.97 Å². The second-order valence-corrected chi connectivity index (χ2v) is 5.23. The number of fused-ring (bicyclic) bond motifs is 1. The molecule has 0 bridgehead atoms. The normalized spacial score (nSPS) is 13.2. The number of aryl methyl sites for hydroxylation is 1. The lowest BCUT2D eigenvalue weighted by molar-refractivity contribution is 0.539. The Bertz CT molecular complexity index is 474. The number of hydrogen-bond donors (Lipinski definition) is 1. The molecule has 0 spiro atoms. The molecule has 0 radical (unpaired) electrons. The highest BCUT2D eigenvalue weighted by Gasteiger charge is 2.11. The van der Waals surface area contributed by atoms with Crippen molar-refractivity contribution in [2.24, 2.45) is 0 Å². The Morgan fingerprint density at radius 1 is 1.44 bits per heavy atom. The summed E-state index contributed by atoms with van der Waals surface area (Å²) in [6.07, 6.45) is 3.77. The lowest BCUT2D eigenvalue weighted by atomic mass is 10.1. The summed E-state index contributed by atoms with van der Waals surface area (Å²) < 4.78 is 0. The van der Waals surface area contributed by atoms with Crippen LogP contribution in [0.5, 0.6) is 0 Å². The van der Waals surface area contributed by atoms with Gasteiger partial charge < -0.3 is 5.32 Å². The van der Waals surface area contributed by atoms with Gasteiger partial charge in [0, 0.05) is 22.7 Å². The molecule has 2 aromatic rings. The Labute approximate surface area is 99.9 Å². The van der Waals surface area contributed by atoms with Crippen LogP contribution in [0.4, 0.5) is 0 Å². The number of likely N-dealkylation sites (N-methyl/N-ethyl adjacent to an activating group) is 1. The molecule has 1 atom stereocenters. The van der Waals surface area contributed by atoms with Crippen LogP contribution in [0.2, 0.25) is 0 Å². The van der Waals surface area contributed by atoms with E-state index in [9.17, 15) is 0 Å². The Hall–Kier alpha value is -1.00. The molecule has 3 nitrogen and oxygen atoms in total. The SMILES string of the molecule is CCC(Cc1ncnc2sc(C)cc12)NC. The van der Waals surface area contributed by atoms with E-state index in [1.165, 1.54) is 10.3 Å². The number of nitrogens with one attached hydrogen (secondary N) is 1. The molecule has 2 heterocycles. The quantitative estimate of drug-likeness (QED) is 0.885. The summed E-state index contributed by atoms with van der Waals surface area (Å²) in [7, 11) is 2.01. The highest BCUT2D eigenvalue weighted by atomic mass is 32.1. The molecule has 0 saturated heterocycles. The average Bonchev–Trinajstić information content (AvgIpc) is 2.67. The zero-order chi connectivity index (χ0) is 11.5. The van der Waals surface area contributed by atoms with E-state index in [0.29, 0.717) is 6.04 Å². The molecule has 86 valence electrons. The van der Waals surface area contributed by atoms with E-state index in [2.05, 4.69) is 35.2 Å². The highest BCUT2D eigenvalue weighted by molar-refractivity contribution is 7.18. The molecule has 0 aliphatic heterocycles. The predicted octanol–water partition coefficient (Wildman–Crippen LogP) is 2.54. The molecule has 4 heteroatoms. The minimum absolute atomic E-state index is 0.498. The zero-order valence-electron chi connectivity index (χ0n) is 9.95. The van der Waals surface area contributed by atoms with Crippen LogP contribution in [0.1, 0.15) is 23.9 Å². The maximum atomic E-state index is 4.41. The molecule has 1 unspecified atom stereocenters. The zero-order valence-corrected chi connectivity index (χ0v) is 10.8. The van der Waals surface area contributed by atoms with Crippen molar-refractivity contribution < 1.29 is 0 Å². The summed E-state index contributed by atoms with van der Waals surface area (Å²) >= 11 is 1.74. The van der Waals surface area contributed by atoms with E-state index in [0.717, 1.165) is 23.4 Å². The molecule has 0 aliphatic carbocycles. The summed E-state index contributed by atoms with van der Waals surface area (Å²) in [5.41, 5.74) is 1.16. The standard InChI is InChI=1S/C12H17N3S/c1-4-9(13-3)6-11-10-5-8(2)16-12(10)15-7-14-11/h5,7,9,13H,4,6H2,1-3H3. The van der Waals surface area contributed by atoms with E-state index in [1.54, 1.807) is 17.7 Å². The van der Waals surface area contributed by atoms with Crippen LogP contribution in [-0.2, 0) is 6.42 Å². The maximum absolute atomic E-state index is 4.41. The van der Waals surface area contributed by atoms with Crippen LogP contribution in [0.3, 0.4) is 0 Å². The van der Waals surface area contributed by atoms with Crippen molar-refractivity contribution in [1.82, 2.24) is 15.3 Å². The molecule has 0 amide bonds. The largest absolute Gasteiger partial charge is 0.317 e. The minimum atomic E-state index is 0.498. The summed E-state index contributed by atoms with van der Waals surface area (Å²) in [5.74, 6) is 0. The topological polar surface area (TPSA) is 37.8 Å². The first-order valence-corrected chi connectivity index (χ1v) is 6.43. The van der Waals surface area contributed by atoms with Gasteiger partial charge in [0.05, 0.1) is 5.69 Å². The third-order valence-corrected chi connectivity index (χ3v) is 3.83. The van der Waals surface area contributed by atoms with Crippen molar-refractivity contribution in [1.29, 1.82) is 0 Å². The lowest BCUT2D eigenvalue weighted by Crippen LogP contribution is -2.27. The van der Waals surface area contributed by atoms with Gasteiger partial charge in [-0.05, 0) is 26.5 Å². The van der Waals surface area contributed by atoms with Gasteiger partial charge in [0.1, 0.15) is 11.2 Å². The summed E-state index contributed by atoms with van der Waals surface area (Å²) in [5, 5.41) is 4.54. The fourth-order valence-corrected chi connectivity index (χ4v) is 2.74. The van der Waals surface area contributed by atoms with E-state index in [4.69, 9.17) is 0 Å². The van der Waals surface area contributed by atoms with Gasteiger partial charge in [0.15, 0.2) is 0 Å². The van der Waals surface area contributed by atoms with Crippen LogP contribution >= 0.6 is 11.3 Å². The lowest BCUT2D eigenvalue weighted by Gasteiger charge is -2.13. The van der Waals surface area contributed by atoms with Gasteiger partial charge >= 0.3 is 0 Å². The van der Waals surface area contributed by atoms with Gasteiger partial charge in [0.2, 0.25) is 0 Å². The van der Waals surface area contributed by atoms with Crippen LogP contribution < -0.4 is 5.32 Å². The molecule has 16 heavy (non-hydrogen) atoms. The number of nitrogens with zero attached hydrogens (tertiary/aromatic N) is 2. The molecule has 0 fully saturated rings. The molecule has 0 aliphatic rings. The first-order chi connectivity index (χ1) is 7.74. The van der Waals surface area contributed by atoms with Gasteiger partial charge in [-0.2, -0.15) is 0 Å². The van der Waals surface area contributed by atoms with Crippen molar-refractivity contribution in [3.63, 3.8) is 0 Å². The molecule has 0 aromatic carbocycles. The number of rotatable bonds is 4. The fourth-order valence-electron chi connectivity index (χ4n) is 1.87. The summed E-state index contributed by atoms with van der Waals surface area (Å²) in [4.78, 5) is 11.1. The van der Waals surface area contributed by atoms with Crippen molar-refractivity contribution >= 4 is 21.6 Å². The molecule has 2 aromatic heterocycles. The van der Waals surface area contributed by atoms with Crippen molar-refractivity contribution in [2.45, 2.75) is 32.7 Å². The molecule has 0 saturated carbocycles. The minimum Gasteiger partial charge on any atom is -0.317 e.